The number of nitrogens with zero attached hydrogens (tertiary/aromatic N) is 2. The van der Waals surface area contributed by atoms with Crippen molar-refractivity contribution < 1.29 is 13.9 Å². The Morgan fingerprint density at radius 2 is 2.06 bits per heavy atom. The molecule has 0 fully saturated rings. The van der Waals surface area contributed by atoms with Crippen molar-refractivity contribution in [1.29, 1.82) is 0 Å². The summed E-state index contributed by atoms with van der Waals surface area (Å²) in [5.41, 5.74) is 1.56. The van der Waals surface area contributed by atoms with Crippen molar-refractivity contribution in [2.45, 2.75) is 31.7 Å². The van der Waals surface area contributed by atoms with Crippen LogP contribution in [-0.4, -0.2) is 23.4 Å². The van der Waals surface area contributed by atoms with E-state index in [-0.39, 0.29) is 11.5 Å². The van der Waals surface area contributed by atoms with Gasteiger partial charge in [-0.05, 0) is 48.9 Å². The number of esters is 1. The summed E-state index contributed by atoms with van der Waals surface area (Å²) in [6.07, 6.45) is 5.27. The fourth-order valence-electron chi connectivity index (χ4n) is 3.51. The maximum atomic E-state index is 13.4. The molecule has 0 N–H and O–H groups in total. The predicted octanol–water partition coefficient (Wildman–Crippen LogP) is 3.75. The Hall–Kier alpha value is -2.84. The number of thioether (sulfide) groups is 1. The van der Waals surface area contributed by atoms with E-state index in [0.29, 0.717) is 33.0 Å². The smallest absolute Gasteiger partial charge is 0.338 e. The van der Waals surface area contributed by atoms with Crippen molar-refractivity contribution in [3.8, 4) is 0 Å². The Kier molecular flexibility index (Phi) is 6.53. The average Bonchev–Trinajstić information content (AvgIpc) is 3.39. The topological polar surface area (TPSA) is 73.8 Å². The second-order valence-electron chi connectivity index (χ2n) is 7.86. The lowest BCUT2D eigenvalue weighted by molar-refractivity contribution is -0.140. The Morgan fingerprint density at radius 3 is 2.69 bits per heavy atom. The molecule has 6 nitrogen and oxygen atoms in total. The van der Waals surface area contributed by atoms with Gasteiger partial charge in [0, 0.05) is 11.0 Å². The van der Waals surface area contributed by atoms with E-state index in [9.17, 15) is 9.59 Å². The summed E-state index contributed by atoms with van der Waals surface area (Å²) in [5, 5.41) is 0. The Balaban J connectivity index is 1.89. The predicted molar refractivity (Wildman–Crippen MR) is 126 cm³/mol. The van der Waals surface area contributed by atoms with Gasteiger partial charge in [-0.25, -0.2) is 9.79 Å². The van der Waals surface area contributed by atoms with Gasteiger partial charge in [0.15, 0.2) is 4.80 Å². The molecular formula is C24H24N2O4S2. The van der Waals surface area contributed by atoms with Crippen LogP contribution in [0.1, 0.15) is 38.1 Å². The third-order valence-corrected chi connectivity index (χ3v) is 6.76. The normalized spacial score (nSPS) is 16.3. The minimum Gasteiger partial charge on any atom is -0.465 e. The van der Waals surface area contributed by atoms with Crippen LogP contribution in [-0.2, 0) is 9.53 Å². The lowest BCUT2D eigenvalue weighted by Gasteiger charge is -2.25. The van der Waals surface area contributed by atoms with E-state index < -0.39 is 12.0 Å². The zero-order valence-corrected chi connectivity index (χ0v) is 20.0. The van der Waals surface area contributed by atoms with Crippen LogP contribution >= 0.6 is 23.1 Å². The molecule has 3 heterocycles. The van der Waals surface area contributed by atoms with Crippen LogP contribution in [0.25, 0.3) is 6.08 Å². The van der Waals surface area contributed by atoms with Gasteiger partial charge >= 0.3 is 5.97 Å². The van der Waals surface area contributed by atoms with Gasteiger partial charge in [-0.3, -0.25) is 9.36 Å². The monoisotopic (exact) mass is 468 g/mol. The summed E-state index contributed by atoms with van der Waals surface area (Å²) in [7, 11) is 0. The standard InChI is InChI=1S/C24H24N2O4S2/c1-14(2)13-30-23(28)20-15(3)25-24-26(21(20)16-7-9-18(31-4)10-8-16)22(27)19(32-24)12-17-6-5-11-29-17/h5-12,14,21H,13H2,1-4H3. The maximum Gasteiger partial charge on any atom is 0.338 e. The first-order valence-electron chi connectivity index (χ1n) is 10.3. The van der Waals surface area contributed by atoms with Gasteiger partial charge in [0.25, 0.3) is 5.56 Å². The van der Waals surface area contributed by atoms with Crippen LogP contribution in [0.5, 0.6) is 0 Å². The van der Waals surface area contributed by atoms with E-state index >= 15 is 0 Å². The van der Waals surface area contributed by atoms with Crippen molar-refractivity contribution >= 4 is 35.1 Å². The van der Waals surface area contributed by atoms with Crippen LogP contribution in [0.2, 0.25) is 0 Å². The number of thiazole rings is 1. The fraction of sp³-hybridized carbons (Fsp3) is 0.292. The summed E-state index contributed by atoms with van der Waals surface area (Å²) in [6, 6.07) is 10.8. The van der Waals surface area contributed by atoms with Gasteiger partial charge < -0.3 is 9.15 Å². The molecule has 1 aliphatic rings. The summed E-state index contributed by atoms with van der Waals surface area (Å²) in [5.74, 6) is 0.344. The van der Waals surface area contributed by atoms with Crippen LogP contribution in [0.3, 0.4) is 0 Å². The van der Waals surface area contributed by atoms with Crippen molar-refractivity contribution in [1.82, 2.24) is 4.57 Å². The first kappa shape index (κ1) is 22.4. The maximum absolute atomic E-state index is 13.4. The highest BCUT2D eigenvalue weighted by Crippen LogP contribution is 2.31. The zero-order chi connectivity index (χ0) is 22.8. The molecule has 1 atom stereocenters. The van der Waals surface area contributed by atoms with Crippen molar-refractivity contribution in [2.24, 2.45) is 10.9 Å². The van der Waals surface area contributed by atoms with Gasteiger partial charge in [0.1, 0.15) is 5.76 Å². The van der Waals surface area contributed by atoms with Crippen molar-refractivity contribution in [3.05, 3.63) is 84.9 Å². The second-order valence-corrected chi connectivity index (χ2v) is 9.75. The number of carbonyl (C=O) groups is 1. The largest absolute Gasteiger partial charge is 0.465 e. The molecule has 1 aromatic carbocycles. The molecule has 32 heavy (non-hydrogen) atoms. The lowest BCUT2D eigenvalue weighted by Crippen LogP contribution is -2.40. The Bertz CT molecular complexity index is 1330. The van der Waals surface area contributed by atoms with Crippen LogP contribution in [0, 0.1) is 5.92 Å². The van der Waals surface area contributed by atoms with Gasteiger partial charge in [-0.15, -0.1) is 11.8 Å². The molecule has 0 saturated heterocycles. The summed E-state index contributed by atoms with van der Waals surface area (Å²) in [4.78, 5) is 32.8. The number of furan rings is 1. The van der Waals surface area contributed by atoms with Crippen LogP contribution < -0.4 is 14.9 Å². The van der Waals surface area contributed by atoms with Gasteiger partial charge in [0.2, 0.25) is 0 Å². The van der Waals surface area contributed by atoms with Crippen LogP contribution in [0.4, 0.5) is 0 Å². The number of ether oxygens (including phenoxy) is 1. The summed E-state index contributed by atoms with van der Waals surface area (Å²) >= 11 is 2.91. The highest BCUT2D eigenvalue weighted by atomic mass is 32.2. The summed E-state index contributed by atoms with van der Waals surface area (Å²) < 4.78 is 13.0. The van der Waals surface area contributed by atoms with E-state index in [1.807, 2.05) is 44.4 Å². The molecule has 1 unspecified atom stereocenters. The van der Waals surface area contributed by atoms with Gasteiger partial charge in [0.05, 0.1) is 34.7 Å². The summed E-state index contributed by atoms with van der Waals surface area (Å²) in [6.45, 7) is 6.06. The average molecular weight is 469 g/mol. The minimum atomic E-state index is -0.611. The first-order chi connectivity index (χ1) is 15.4. The molecule has 0 bridgehead atoms. The number of hydrogen-bond donors (Lipinski definition) is 0. The van der Waals surface area contributed by atoms with E-state index in [4.69, 9.17) is 9.15 Å². The SMILES string of the molecule is CSc1ccc(C2C(C(=O)OCC(C)C)=C(C)N=c3sc(=Cc4ccco4)c(=O)n32)cc1. The molecular weight excluding hydrogens is 444 g/mol. The number of benzene rings is 1. The fourth-order valence-corrected chi connectivity index (χ4v) is 4.94. The minimum absolute atomic E-state index is 0.202. The number of carbonyl (C=O) groups excluding carboxylic acids is 1. The van der Waals surface area contributed by atoms with E-state index in [2.05, 4.69) is 4.99 Å². The highest BCUT2D eigenvalue weighted by molar-refractivity contribution is 7.98. The quantitative estimate of drug-likeness (QED) is 0.407. The number of allylic oxidation sites excluding steroid dienone is 1. The van der Waals surface area contributed by atoms with E-state index in [1.165, 1.54) is 11.3 Å². The third kappa shape index (κ3) is 4.38. The van der Waals surface area contributed by atoms with Crippen molar-refractivity contribution in [3.63, 3.8) is 0 Å². The third-order valence-electron chi connectivity index (χ3n) is 5.04. The number of aromatic nitrogens is 1. The molecule has 1 aliphatic heterocycles. The van der Waals surface area contributed by atoms with E-state index in [0.717, 1.165) is 10.5 Å². The molecule has 8 heteroatoms. The van der Waals surface area contributed by atoms with Gasteiger partial charge in [-0.2, -0.15) is 0 Å². The molecule has 0 saturated carbocycles. The first-order valence-corrected chi connectivity index (χ1v) is 12.3. The lowest BCUT2D eigenvalue weighted by atomic mass is 9.96. The van der Waals surface area contributed by atoms with Crippen LogP contribution in [0.15, 0.2) is 73.0 Å². The molecule has 166 valence electrons. The molecule has 0 spiro atoms. The Labute approximate surface area is 193 Å². The molecule has 2 aromatic heterocycles. The molecule has 4 rings (SSSR count). The number of hydrogen-bond acceptors (Lipinski definition) is 7. The highest BCUT2D eigenvalue weighted by Gasteiger charge is 2.33. The zero-order valence-electron chi connectivity index (χ0n) is 18.3. The molecule has 0 aliphatic carbocycles. The number of rotatable bonds is 6. The number of fused-ring (bicyclic) bond motifs is 1. The molecule has 0 radical (unpaired) electrons. The Morgan fingerprint density at radius 1 is 1.31 bits per heavy atom. The van der Waals surface area contributed by atoms with Crippen molar-refractivity contribution in [2.75, 3.05) is 12.9 Å². The molecule has 3 aromatic rings. The van der Waals surface area contributed by atoms with E-state index in [1.54, 1.807) is 47.7 Å². The molecule has 0 amide bonds. The van der Waals surface area contributed by atoms with Gasteiger partial charge in [-0.1, -0.05) is 37.3 Å². The second kappa shape index (κ2) is 9.34.